The normalized spacial score (nSPS) is 25.5. The van der Waals surface area contributed by atoms with Crippen LogP contribution in [0.25, 0.3) is 16.5 Å². The van der Waals surface area contributed by atoms with E-state index in [1.807, 2.05) is 17.0 Å². The van der Waals surface area contributed by atoms with Crippen LogP contribution in [0.15, 0.2) is 35.2 Å². The van der Waals surface area contributed by atoms with Gasteiger partial charge >= 0.3 is 0 Å². The fourth-order valence-corrected chi connectivity index (χ4v) is 9.41. The summed E-state index contributed by atoms with van der Waals surface area (Å²) >= 11 is 15.2. The Labute approximate surface area is 269 Å². The van der Waals surface area contributed by atoms with E-state index in [9.17, 15) is 4.79 Å². The highest BCUT2D eigenvalue weighted by molar-refractivity contribution is 8.26. The molecule has 3 heterocycles. The number of piperazine rings is 1. The Kier molecular flexibility index (Phi) is 11.9. The third-order valence-electron chi connectivity index (χ3n) is 8.72. The van der Waals surface area contributed by atoms with Gasteiger partial charge in [-0.25, -0.2) is 0 Å². The van der Waals surface area contributed by atoms with Crippen molar-refractivity contribution in [1.82, 2.24) is 15.1 Å². The molecule has 218 valence electrons. The zero-order valence-corrected chi connectivity index (χ0v) is 27.4. The van der Waals surface area contributed by atoms with Crippen molar-refractivity contribution >= 4 is 88.0 Å². The largest absolute Gasteiger partial charge is 0.314 e. The molecule has 0 spiro atoms. The maximum atomic E-state index is 13.6. The summed E-state index contributed by atoms with van der Waals surface area (Å²) in [4.78, 5) is 21.4. The molecule has 4 fully saturated rings. The standard InChI is InChI=1S/C30H36ClN3OS3.2ClH/c31-24-9-7-21(8-10-24)26-18-23(4-2-1-3-13-33-14-11-32-12-15-33)27(37-26)19-28-29(35)34(30(36)38-28)25-17-20-5-6-22(25)16-20;;/h7-10,18-20,22,25,32H,1-6,11-17H2;2*1H/b28-19-;;. The van der Waals surface area contributed by atoms with Gasteiger partial charge in [0.2, 0.25) is 0 Å². The fraction of sp³-hybridized carbons (Fsp3) is 0.533. The number of hydrogen-bond donors (Lipinski definition) is 1. The summed E-state index contributed by atoms with van der Waals surface area (Å²) < 4.78 is 0.753. The summed E-state index contributed by atoms with van der Waals surface area (Å²) in [5.74, 6) is 1.55. The summed E-state index contributed by atoms with van der Waals surface area (Å²) in [7, 11) is 0. The SMILES string of the molecule is Cl.Cl.O=C1/C(=C/c2sc(-c3ccc(Cl)cc3)cc2CCCCCN2CCNCC2)SC(=S)N1C1CC2CCC1C2. The number of nitrogens with zero attached hydrogens (tertiary/aromatic N) is 2. The van der Waals surface area contributed by atoms with Gasteiger partial charge in [-0.15, -0.1) is 36.2 Å². The van der Waals surface area contributed by atoms with Crippen molar-refractivity contribution in [3.63, 3.8) is 0 Å². The average molecular weight is 659 g/mol. The summed E-state index contributed by atoms with van der Waals surface area (Å²) in [5, 5.41) is 4.18. The molecule has 0 radical (unpaired) electrons. The molecule has 1 aromatic carbocycles. The number of carbonyl (C=O) groups excluding carboxylic acids is 1. The molecule has 1 aromatic heterocycles. The van der Waals surface area contributed by atoms with Crippen molar-refractivity contribution in [3.05, 3.63) is 50.7 Å². The molecule has 40 heavy (non-hydrogen) atoms. The Morgan fingerprint density at radius 1 is 1.05 bits per heavy atom. The molecule has 2 saturated carbocycles. The molecule has 10 heteroatoms. The van der Waals surface area contributed by atoms with Crippen LogP contribution in [0.1, 0.15) is 55.4 Å². The minimum absolute atomic E-state index is 0. The summed E-state index contributed by atoms with van der Waals surface area (Å²) in [6, 6.07) is 10.7. The van der Waals surface area contributed by atoms with Crippen LogP contribution < -0.4 is 5.32 Å². The fourth-order valence-electron chi connectivity index (χ4n) is 6.69. The first-order valence-corrected chi connectivity index (χ1v) is 16.6. The van der Waals surface area contributed by atoms with E-state index in [0.29, 0.717) is 12.0 Å². The smallest absolute Gasteiger partial charge is 0.266 e. The van der Waals surface area contributed by atoms with Gasteiger partial charge in [-0.2, -0.15) is 0 Å². The van der Waals surface area contributed by atoms with Crippen LogP contribution in [0.2, 0.25) is 5.02 Å². The minimum Gasteiger partial charge on any atom is -0.314 e. The van der Waals surface area contributed by atoms with Gasteiger partial charge in [-0.3, -0.25) is 9.69 Å². The monoisotopic (exact) mass is 657 g/mol. The quantitative estimate of drug-likeness (QED) is 0.168. The molecule has 3 atom stereocenters. The number of thiophene rings is 1. The first kappa shape index (κ1) is 32.3. The molecule has 3 unspecified atom stereocenters. The second kappa shape index (κ2) is 14.7. The Morgan fingerprint density at radius 3 is 2.52 bits per heavy atom. The molecule has 1 N–H and O–H groups in total. The van der Waals surface area contributed by atoms with Crippen molar-refractivity contribution < 1.29 is 4.79 Å². The lowest BCUT2D eigenvalue weighted by Gasteiger charge is -2.30. The second-order valence-electron chi connectivity index (χ2n) is 11.2. The van der Waals surface area contributed by atoms with E-state index in [2.05, 4.69) is 34.5 Å². The first-order chi connectivity index (χ1) is 18.5. The third kappa shape index (κ3) is 7.28. The van der Waals surface area contributed by atoms with Gasteiger partial charge in [-0.1, -0.05) is 60.6 Å². The van der Waals surface area contributed by atoms with Gasteiger partial charge in [0, 0.05) is 47.0 Å². The molecule has 2 aliphatic carbocycles. The average Bonchev–Trinajstić information content (AvgIpc) is 3.70. The van der Waals surface area contributed by atoms with E-state index < -0.39 is 0 Å². The van der Waals surface area contributed by atoms with E-state index in [1.165, 1.54) is 84.4 Å². The molecular formula is C30H38Cl3N3OS3. The molecule has 4 nitrogen and oxygen atoms in total. The summed E-state index contributed by atoms with van der Waals surface area (Å²) in [6.07, 6.45) is 11.8. The van der Waals surface area contributed by atoms with Gasteiger partial charge in [0.15, 0.2) is 0 Å². The van der Waals surface area contributed by atoms with Crippen LogP contribution in [0.3, 0.4) is 0 Å². The molecular weight excluding hydrogens is 621 g/mol. The van der Waals surface area contributed by atoms with Crippen LogP contribution in [0.4, 0.5) is 0 Å². The number of thioether (sulfide) groups is 1. The summed E-state index contributed by atoms with van der Waals surface area (Å²) in [6.45, 7) is 5.75. The number of fused-ring (bicyclic) bond motifs is 2. The van der Waals surface area contributed by atoms with Crippen molar-refractivity contribution in [2.45, 2.75) is 57.4 Å². The zero-order chi connectivity index (χ0) is 26.1. The van der Waals surface area contributed by atoms with Crippen LogP contribution in [-0.4, -0.2) is 58.8 Å². The predicted octanol–water partition coefficient (Wildman–Crippen LogP) is 7.92. The maximum absolute atomic E-state index is 13.6. The van der Waals surface area contributed by atoms with Gasteiger partial charge in [0.1, 0.15) is 4.32 Å². The Balaban J connectivity index is 0.00000185. The van der Waals surface area contributed by atoms with Gasteiger partial charge in [0.05, 0.1) is 4.91 Å². The predicted molar refractivity (Wildman–Crippen MR) is 180 cm³/mol. The van der Waals surface area contributed by atoms with E-state index in [0.717, 1.165) is 52.5 Å². The molecule has 6 rings (SSSR count). The van der Waals surface area contributed by atoms with Gasteiger partial charge in [0.25, 0.3) is 5.91 Å². The van der Waals surface area contributed by atoms with Gasteiger partial charge in [-0.05, 0) is 92.3 Å². The highest BCUT2D eigenvalue weighted by Crippen LogP contribution is 2.49. The Morgan fingerprint density at radius 2 is 1.82 bits per heavy atom. The number of nitrogens with one attached hydrogen (secondary N) is 1. The van der Waals surface area contributed by atoms with Crippen LogP contribution in [0, 0.1) is 11.8 Å². The number of thiocarbonyl (C=S) groups is 1. The highest BCUT2D eigenvalue weighted by atomic mass is 35.5. The van der Waals surface area contributed by atoms with Crippen LogP contribution in [0.5, 0.6) is 0 Å². The van der Waals surface area contributed by atoms with Crippen LogP contribution >= 0.6 is 71.7 Å². The topological polar surface area (TPSA) is 35.6 Å². The highest BCUT2D eigenvalue weighted by Gasteiger charge is 2.48. The molecule has 2 aromatic rings. The number of halogens is 3. The molecule has 4 aliphatic rings. The van der Waals surface area contributed by atoms with E-state index in [4.69, 9.17) is 23.8 Å². The van der Waals surface area contributed by atoms with E-state index in [1.54, 1.807) is 11.3 Å². The maximum Gasteiger partial charge on any atom is 0.266 e. The van der Waals surface area contributed by atoms with E-state index in [-0.39, 0.29) is 30.7 Å². The Bertz CT molecular complexity index is 1210. The number of unbranched alkanes of at least 4 members (excludes halogenated alkanes) is 2. The van der Waals surface area contributed by atoms with Gasteiger partial charge < -0.3 is 10.2 Å². The Hall–Kier alpha value is -0.640. The molecule has 1 amide bonds. The summed E-state index contributed by atoms with van der Waals surface area (Å²) in [5.41, 5.74) is 2.51. The third-order valence-corrected chi connectivity index (χ3v) is 11.5. The lowest BCUT2D eigenvalue weighted by molar-refractivity contribution is -0.124. The van der Waals surface area contributed by atoms with Crippen molar-refractivity contribution in [2.24, 2.45) is 11.8 Å². The minimum atomic E-state index is 0. The zero-order valence-electron chi connectivity index (χ0n) is 22.6. The lowest BCUT2D eigenvalue weighted by atomic mass is 9.94. The number of carbonyl (C=O) groups is 1. The van der Waals surface area contributed by atoms with Crippen LogP contribution in [-0.2, 0) is 11.2 Å². The second-order valence-corrected chi connectivity index (χ2v) is 14.4. The number of benzene rings is 1. The van der Waals surface area contributed by atoms with E-state index >= 15 is 0 Å². The first-order valence-electron chi connectivity index (χ1n) is 14.1. The molecule has 2 saturated heterocycles. The number of hydrogen-bond acceptors (Lipinski definition) is 6. The molecule has 2 bridgehead atoms. The van der Waals surface area contributed by atoms with Crippen molar-refractivity contribution in [3.8, 4) is 10.4 Å². The van der Waals surface area contributed by atoms with Crippen molar-refractivity contribution in [1.29, 1.82) is 0 Å². The number of rotatable bonds is 9. The number of amides is 1. The van der Waals surface area contributed by atoms with Crippen molar-refractivity contribution in [2.75, 3.05) is 32.7 Å². The lowest BCUT2D eigenvalue weighted by Crippen LogP contribution is -2.43. The number of aryl methyl sites for hydroxylation is 1. The molecule has 2 aliphatic heterocycles.